The monoisotopic (exact) mass is 416 g/mol. The molecule has 1 atom stereocenters. The highest BCUT2D eigenvalue weighted by atomic mass is 19.3. The highest BCUT2D eigenvalue weighted by Gasteiger charge is 2.52. The van der Waals surface area contributed by atoms with Gasteiger partial charge < -0.3 is 14.6 Å². The van der Waals surface area contributed by atoms with E-state index in [-0.39, 0.29) is 11.3 Å². The second-order valence-electron chi connectivity index (χ2n) is 7.84. The summed E-state index contributed by atoms with van der Waals surface area (Å²) in [4.78, 5) is 23.6. The maximum absolute atomic E-state index is 14.0. The van der Waals surface area contributed by atoms with E-state index in [4.69, 9.17) is 14.6 Å². The second-order valence-corrected chi connectivity index (χ2v) is 7.84. The van der Waals surface area contributed by atoms with Crippen molar-refractivity contribution in [3.8, 4) is 5.75 Å². The van der Waals surface area contributed by atoms with Crippen LogP contribution in [0, 0.1) is 11.7 Å². The van der Waals surface area contributed by atoms with Crippen LogP contribution in [-0.4, -0.2) is 34.7 Å². The molecule has 0 spiro atoms. The molecular weight excluding hydrogens is 389 g/mol. The van der Waals surface area contributed by atoms with Gasteiger partial charge in [-0.15, -0.1) is 0 Å². The average Bonchev–Trinajstić information content (AvgIpc) is 2.66. The minimum Gasteiger partial charge on any atom is -0.486 e. The summed E-state index contributed by atoms with van der Waals surface area (Å²) in [7, 11) is 0. The number of ether oxygens (including phenoxy) is 2. The van der Waals surface area contributed by atoms with Crippen molar-refractivity contribution in [3.05, 3.63) is 29.6 Å². The largest absolute Gasteiger partial charge is 0.486 e. The van der Waals surface area contributed by atoms with Crippen molar-refractivity contribution in [3.63, 3.8) is 0 Å². The van der Waals surface area contributed by atoms with Gasteiger partial charge in [0.15, 0.2) is 6.10 Å². The third-order valence-corrected chi connectivity index (χ3v) is 5.38. The molecule has 0 aromatic heterocycles. The van der Waals surface area contributed by atoms with Gasteiger partial charge in [0, 0.05) is 6.07 Å². The van der Waals surface area contributed by atoms with E-state index in [1.54, 1.807) is 0 Å². The number of rotatable bonds is 8. The third-order valence-electron chi connectivity index (χ3n) is 5.38. The van der Waals surface area contributed by atoms with Gasteiger partial charge in [-0.1, -0.05) is 27.2 Å². The Morgan fingerprint density at radius 3 is 2.34 bits per heavy atom. The summed E-state index contributed by atoms with van der Waals surface area (Å²) in [6.45, 7) is 4.58. The van der Waals surface area contributed by atoms with Gasteiger partial charge in [0.25, 0.3) is 0 Å². The number of alkyl halides is 2. The molecule has 1 unspecified atom stereocenters. The van der Waals surface area contributed by atoms with E-state index < -0.39 is 41.3 Å². The predicted octanol–water partition coefficient (Wildman–Crippen LogP) is 5.22. The summed E-state index contributed by atoms with van der Waals surface area (Å²) in [5, 5.41) is 8.80. The highest BCUT2D eigenvalue weighted by Crippen LogP contribution is 2.37. The second kappa shape index (κ2) is 9.05. The maximum atomic E-state index is 14.0. The van der Waals surface area contributed by atoms with E-state index in [9.17, 15) is 22.8 Å². The van der Waals surface area contributed by atoms with Gasteiger partial charge in [-0.05, 0) is 50.2 Å². The highest BCUT2D eigenvalue weighted by molar-refractivity contribution is 5.93. The standard InChI is InChI=1S/C21H27F3O5/c1-4-20(10-6-5-7-11-20)29-16-12-14(22)8-9-15(16)18(25)28-17(13(2)3)21(23,24)19(26)27/h8-9,12-13,17H,4-7,10-11H2,1-3H3,(H,26,27). The Kier molecular flexibility index (Phi) is 7.19. The van der Waals surface area contributed by atoms with E-state index in [2.05, 4.69) is 0 Å². The molecule has 0 radical (unpaired) electrons. The van der Waals surface area contributed by atoms with Gasteiger partial charge in [-0.2, -0.15) is 8.78 Å². The minimum absolute atomic E-state index is 0.0834. The number of esters is 1. The molecule has 1 aromatic carbocycles. The lowest BCUT2D eigenvalue weighted by Gasteiger charge is -2.37. The van der Waals surface area contributed by atoms with Gasteiger partial charge in [-0.3, -0.25) is 0 Å². The molecule has 0 saturated heterocycles. The molecule has 8 heteroatoms. The Morgan fingerprint density at radius 1 is 1.21 bits per heavy atom. The molecule has 0 aliphatic heterocycles. The smallest absolute Gasteiger partial charge is 0.378 e. The normalized spacial score (nSPS) is 17.6. The van der Waals surface area contributed by atoms with Gasteiger partial charge >= 0.3 is 17.9 Å². The van der Waals surface area contributed by atoms with Crippen molar-refractivity contribution in [1.82, 2.24) is 0 Å². The number of carboxylic acids is 1. The molecule has 1 N–H and O–H groups in total. The predicted molar refractivity (Wildman–Crippen MR) is 99.8 cm³/mol. The minimum atomic E-state index is -4.26. The van der Waals surface area contributed by atoms with E-state index >= 15 is 0 Å². The van der Waals surface area contributed by atoms with Gasteiger partial charge in [0.05, 0.1) is 0 Å². The van der Waals surface area contributed by atoms with Crippen LogP contribution in [0.5, 0.6) is 5.75 Å². The van der Waals surface area contributed by atoms with E-state index in [0.717, 1.165) is 50.3 Å². The molecule has 1 fully saturated rings. The number of carboxylic acid groups (broad SMARTS) is 1. The van der Waals surface area contributed by atoms with Crippen LogP contribution < -0.4 is 4.74 Å². The zero-order chi connectivity index (χ0) is 21.8. The Balaban J connectivity index is 2.34. The Bertz CT molecular complexity index is 742. The van der Waals surface area contributed by atoms with Crippen molar-refractivity contribution in [2.45, 2.75) is 76.9 Å². The number of hydrogen-bond acceptors (Lipinski definition) is 4. The topological polar surface area (TPSA) is 72.8 Å². The number of carbonyl (C=O) groups is 2. The van der Waals surface area contributed by atoms with Crippen LogP contribution in [0.2, 0.25) is 0 Å². The number of halogens is 3. The maximum Gasteiger partial charge on any atom is 0.378 e. The van der Waals surface area contributed by atoms with Crippen molar-refractivity contribution in [2.75, 3.05) is 0 Å². The molecule has 0 bridgehead atoms. The summed E-state index contributed by atoms with van der Waals surface area (Å²) in [6, 6.07) is 3.14. The van der Waals surface area contributed by atoms with Crippen LogP contribution in [-0.2, 0) is 9.53 Å². The Morgan fingerprint density at radius 2 is 1.83 bits per heavy atom. The first-order valence-electron chi connectivity index (χ1n) is 9.83. The summed E-state index contributed by atoms with van der Waals surface area (Å²) >= 11 is 0. The van der Waals surface area contributed by atoms with E-state index in [0.29, 0.717) is 6.42 Å². The average molecular weight is 416 g/mol. The van der Waals surface area contributed by atoms with Gasteiger partial charge in [0.2, 0.25) is 0 Å². The van der Waals surface area contributed by atoms with Crippen molar-refractivity contribution in [1.29, 1.82) is 0 Å². The molecule has 0 amide bonds. The van der Waals surface area contributed by atoms with Crippen LogP contribution in [0.15, 0.2) is 18.2 Å². The van der Waals surface area contributed by atoms with Crippen molar-refractivity contribution in [2.24, 2.45) is 5.92 Å². The summed E-state index contributed by atoms with van der Waals surface area (Å²) in [6.07, 6.45) is 2.86. The Labute approximate surface area is 168 Å². The molecule has 1 aliphatic rings. The molecule has 1 saturated carbocycles. The van der Waals surface area contributed by atoms with Gasteiger partial charge in [0.1, 0.15) is 22.7 Å². The van der Waals surface area contributed by atoms with Crippen LogP contribution in [0.1, 0.15) is 69.7 Å². The fourth-order valence-electron chi connectivity index (χ4n) is 3.64. The van der Waals surface area contributed by atoms with E-state index in [1.165, 1.54) is 13.8 Å². The van der Waals surface area contributed by atoms with Crippen molar-refractivity contribution < 1.29 is 37.3 Å². The fourth-order valence-corrected chi connectivity index (χ4v) is 3.64. The van der Waals surface area contributed by atoms with Crippen LogP contribution in [0.4, 0.5) is 13.2 Å². The first-order chi connectivity index (χ1) is 13.5. The summed E-state index contributed by atoms with van der Waals surface area (Å²) < 4.78 is 52.8. The Hall–Kier alpha value is -2.25. The van der Waals surface area contributed by atoms with Crippen molar-refractivity contribution >= 4 is 11.9 Å². The number of benzene rings is 1. The first-order valence-corrected chi connectivity index (χ1v) is 9.83. The fraction of sp³-hybridized carbons (Fsp3) is 0.619. The molecule has 162 valence electrons. The summed E-state index contributed by atoms with van der Waals surface area (Å²) in [5.74, 6) is -9.52. The number of hydrogen-bond donors (Lipinski definition) is 1. The van der Waals surface area contributed by atoms with Crippen LogP contribution in [0.25, 0.3) is 0 Å². The van der Waals surface area contributed by atoms with E-state index in [1.807, 2.05) is 6.92 Å². The molecule has 5 nitrogen and oxygen atoms in total. The lowest BCUT2D eigenvalue weighted by Crippen LogP contribution is -2.47. The first kappa shape index (κ1) is 23.0. The lowest BCUT2D eigenvalue weighted by atomic mass is 9.82. The van der Waals surface area contributed by atoms with Gasteiger partial charge in [-0.25, -0.2) is 14.0 Å². The zero-order valence-electron chi connectivity index (χ0n) is 16.8. The van der Waals surface area contributed by atoms with Crippen LogP contribution >= 0.6 is 0 Å². The number of aliphatic carboxylic acids is 1. The third kappa shape index (κ3) is 5.22. The molecule has 2 rings (SSSR count). The molecule has 0 heterocycles. The molecule has 1 aromatic rings. The lowest BCUT2D eigenvalue weighted by molar-refractivity contribution is -0.187. The molecule has 1 aliphatic carbocycles. The molecular formula is C21H27F3O5. The zero-order valence-corrected chi connectivity index (χ0v) is 16.8. The molecule has 29 heavy (non-hydrogen) atoms. The number of carbonyl (C=O) groups excluding carboxylic acids is 1. The van der Waals surface area contributed by atoms with Crippen LogP contribution in [0.3, 0.4) is 0 Å². The summed E-state index contributed by atoms with van der Waals surface area (Å²) in [5.41, 5.74) is -0.777. The SMILES string of the molecule is CCC1(Oc2cc(F)ccc2C(=O)OC(C(C)C)C(F)(F)C(=O)O)CCCCC1. The quantitative estimate of drug-likeness (QED) is 0.589.